The van der Waals surface area contributed by atoms with Crippen molar-refractivity contribution >= 4 is 0 Å². The second-order valence-electron chi connectivity index (χ2n) is 5.80. The van der Waals surface area contributed by atoms with E-state index >= 15 is 0 Å². The van der Waals surface area contributed by atoms with E-state index in [1.54, 1.807) is 7.11 Å². The SMILES string of the molecule is CCN1CCO[C@H]2CCN(Cc3cccc(OC)n3)C[C@@H]21. The molecule has 0 radical (unpaired) electrons. The maximum atomic E-state index is 5.95. The standard InChI is InChI=1S/C16H25N3O2/c1-3-19-9-10-21-15-7-8-18(12-14(15)19)11-13-5-4-6-16(17-13)20-2/h4-6,14-15H,3,7-12H2,1-2H3/t14-,15-/m0/s1. The van der Waals surface area contributed by atoms with E-state index < -0.39 is 0 Å². The largest absolute Gasteiger partial charge is 0.481 e. The zero-order valence-corrected chi connectivity index (χ0v) is 13.0. The van der Waals surface area contributed by atoms with Gasteiger partial charge in [0.2, 0.25) is 5.88 Å². The van der Waals surface area contributed by atoms with Crippen LogP contribution in [0.5, 0.6) is 5.88 Å². The highest BCUT2D eigenvalue weighted by Gasteiger charge is 2.36. The second kappa shape index (κ2) is 6.73. The molecule has 2 fully saturated rings. The van der Waals surface area contributed by atoms with E-state index in [-0.39, 0.29) is 0 Å². The number of hydrogen-bond donors (Lipinski definition) is 0. The van der Waals surface area contributed by atoms with Crippen molar-refractivity contribution in [1.29, 1.82) is 0 Å². The Morgan fingerprint density at radius 2 is 2.29 bits per heavy atom. The highest BCUT2D eigenvalue weighted by atomic mass is 16.5. The van der Waals surface area contributed by atoms with Gasteiger partial charge in [-0.2, -0.15) is 0 Å². The van der Waals surface area contributed by atoms with Crippen LogP contribution in [0.25, 0.3) is 0 Å². The van der Waals surface area contributed by atoms with Crippen LogP contribution in [-0.4, -0.2) is 66.8 Å². The minimum atomic E-state index is 0.410. The van der Waals surface area contributed by atoms with Gasteiger partial charge >= 0.3 is 0 Å². The molecule has 21 heavy (non-hydrogen) atoms. The predicted molar refractivity (Wildman–Crippen MR) is 81.5 cm³/mol. The molecule has 0 aliphatic carbocycles. The lowest BCUT2D eigenvalue weighted by Gasteiger charge is -2.46. The summed E-state index contributed by atoms with van der Waals surface area (Å²) >= 11 is 0. The van der Waals surface area contributed by atoms with E-state index in [1.807, 2.05) is 12.1 Å². The van der Waals surface area contributed by atoms with E-state index in [9.17, 15) is 0 Å². The summed E-state index contributed by atoms with van der Waals surface area (Å²) in [6.07, 6.45) is 1.53. The van der Waals surface area contributed by atoms with Gasteiger partial charge in [0.05, 0.1) is 25.5 Å². The van der Waals surface area contributed by atoms with E-state index in [1.165, 1.54) is 0 Å². The molecule has 2 saturated heterocycles. The van der Waals surface area contributed by atoms with Gasteiger partial charge < -0.3 is 9.47 Å². The van der Waals surface area contributed by atoms with Gasteiger partial charge in [-0.05, 0) is 19.0 Å². The quantitative estimate of drug-likeness (QED) is 0.838. The first kappa shape index (κ1) is 14.8. The zero-order valence-electron chi connectivity index (χ0n) is 13.0. The molecule has 5 heteroatoms. The predicted octanol–water partition coefficient (Wildman–Crippen LogP) is 1.39. The van der Waals surface area contributed by atoms with Crippen molar-refractivity contribution in [3.63, 3.8) is 0 Å². The monoisotopic (exact) mass is 291 g/mol. The van der Waals surface area contributed by atoms with Crippen LogP contribution in [0.3, 0.4) is 0 Å². The fraction of sp³-hybridized carbons (Fsp3) is 0.688. The Bertz CT molecular complexity index is 463. The van der Waals surface area contributed by atoms with Crippen LogP contribution >= 0.6 is 0 Å². The van der Waals surface area contributed by atoms with Crippen molar-refractivity contribution < 1.29 is 9.47 Å². The lowest BCUT2D eigenvalue weighted by molar-refractivity contribution is -0.102. The van der Waals surface area contributed by atoms with Crippen LogP contribution in [0, 0.1) is 0 Å². The summed E-state index contributed by atoms with van der Waals surface area (Å²) in [6, 6.07) is 6.51. The summed E-state index contributed by atoms with van der Waals surface area (Å²) in [5, 5.41) is 0. The van der Waals surface area contributed by atoms with Crippen LogP contribution in [0.15, 0.2) is 18.2 Å². The zero-order chi connectivity index (χ0) is 14.7. The van der Waals surface area contributed by atoms with Crippen molar-refractivity contribution in [2.24, 2.45) is 0 Å². The molecule has 1 aromatic heterocycles. The topological polar surface area (TPSA) is 37.8 Å². The number of morpholine rings is 1. The number of methoxy groups -OCH3 is 1. The number of likely N-dealkylation sites (N-methyl/N-ethyl adjacent to an activating group) is 1. The van der Waals surface area contributed by atoms with Gasteiger partial charge in [-0.1, -0.05) is 13.0 Å². The van der Waals surface area contributed by atoms with Crippen molar-refractivity contribution in [1.82, 2.24) is 14.8 Å². The van der Waals surface area contributed by atoms with Crippen molar-refractivity contribution in [3.8, 4) is 5.88 Å². The molecule has 2 atom stereocenters. The van der Waals surface area contributed by atoms with Gasteiger partial charge in [0, 0.05) is 38.3 Å². The molecule has 0 amide bonds. The normalized spacial score (nSPS) is 27.3. The second-order valence-corrected chi connectivity index (χ2v) is 5.80. The number of likely N-dealkylation sites (tertiary alicyclic amines) is 1. The van der Waals surface area contributed by atoms with Crippen LogP contribution in [0.4, 0.5) is 0 Å². The Balaban J connectivity index is 1.64. The molecule has 3 heterocycles. The fourth-order valence-corrected chi connectivity index (χ4v) is 3.43. The summed E-state index contributed by atoms with van der Waals surface area (Å²) in [4.78, 5) is 9.56. The molecule has 0 spiro atoms. The highest BCUT2D eigenvalue weighted by molar-refractivity contribution is 5.15. The molecular weight excluding hydrogens is 266 g/mol. The van der Waals surface area contributed by atoms with Gasteiger partial charge in [-0.25, -0.2) is 4.98 Å². The van der Waals surface area contributed by atoms with Crippen molar-refractivity contribution in [3.05, 3.63) is 23.9 Å². The Labute approximate surface area is 126 Å². The summed E-state index contributed by atoms with van der Waals surface area (Å²) in [7, 11) is 1.66. The number of rotatable bonds is 4. The Hall–Kier alpha value is -1.17. The molecule has 0 unspecified atom stereocenters. The fourth-order valence-electron chi connectivity index (χ4n) is 3.43. The molecular formula is C16H25N3O2. The van der Waals surface area contributed by atoms with Gasteiger partial charge in [-0.3, -0.25) is 9.80 Å². The van der Waals surface area contributed by atoms with E-state index in [4.69, 9.17) is 9.47 Å². The van der Waals surface area contributed by atoms with Crippen LogP contribution in [-0.2, 0) is 11.3 Å². The third-order valence-electron chi connectivity index (χ3n) is 4.57. The van der Waals surface area contributed by atoms with Gasteiger partial charge in [-0.15, -0.1) is 0 Å². The van der Waals surface area contributed by atoms with E-state index in [2.05, 4.69) is 27.8 Å². The Kier molecular flexibility index (Phi) is 4.73. The highest BCUT2D eigenvalue weighted by Crippen LogP contribution is 2.24. The average molecular weight is 291 g/mol. The summed E-state index contributed by atoms with van der Waals surface area (Å²) in [6.45, 7) is 8.32. The molecule has 1 aromatic rings. The maximum Gasteiger partial charge on any atom is 0.213 e. The first-order chi connectivity index (χ1) is 10.3. The molecule has 0 aromatic carbocycles. The first-order valence-corrected chi connectivity index (χ1v) is 7.88. The third kappa shape index (κ3) is 3.36. The number of nitrogens with zero attached hydrogens (tertiary/aromatic N) is 3. The van der Waals surface area contributed by atoms with E-state index in [0.29, 0.717) is 18.0 Å². The van der Waals surface area contributed by atoms with Gasteiger partial charge in [0.1, 0.15) is 0 Å². The lowest BCUT2D eigenvalue weighted by atomic mass is 9.98. The van der Waals surface area contributed by atoms with Gasteiger partial charge in [0.15, 0.2) is 0 Å². The molecule has 3 rings (SSSR count). The van der Waals surface area contributed by atoms with Crippen molar-refractivity contribution in [2.75, 3.05) is 39.9 Å². The molecule has 0 bridgehead atoms. The number of piperidine rings is 1. The van der Waals surface area contributed by atoms with Crippen LogP contribution < -0.4 is 4.74 Å². The molecule has 0 N–H and O–H groups in total. The number of aromatic nitrogens is 1. The smallest absolute Gasteiger partial charge is 0.213 e. The van der Waals surface area contributed by atoms with E-state index in [0.717, 1.165) is 51.4 Å². The number of hydrogen-bond acceptors (Lipinski definition) is 5. The summed E-state index contributed by atoms with van der Waals surface area (Å²) < 4.78 is 11.2. The first-order valence-electron chi connectivity index (χ1n) is 7.88. The number of pyridine rings is 1. The lowest BCUT2D eigenvalue weighted by Crippen LogP contribution is -2.59. The van der Waals surface area contributed by atoms with Crippen LogP contribution in [0.2, 0.25) is 0 Å². The summed E-state index contributed by atoms with van der Waals surface area (Å²) in [5.41, 5.74) is 1.08. The Morgan fingerprint density at radius 1 is 1.38 bits per heavy atom. The third-order valence-corrected chi connectivity index (χ3v) is 4.57. The minimum Gasteiger partial charge on any atom is -0.481 e. The van der Waals surface area contributed by atoms with Crippen molar-refractivity contribution in [2.45, 2.75) is 32.0 Å². The molecule has 5 nitrogen and oxygen atoms in total. The maximum absolute atomic E-state index is 5.95. The summed E-state index contributed by atoms with van der Waals surface area (Å²) in [5.74, 6) is 0.693. The number of ether oxygens (including phenoxy) is 2. The molecule has 2 aliphatic rings. The molecule has 0 saturated carbocycles. The Morgan fingerprint density at radius 3 is 3.10 bits per heavy atom. The van der Waals surface area contributed by atoms with Gasteiger partial charge in [0.25, 0.3) is 0 Å². The number of fused-ring (bicyclic) bond motifs is 1. The minimum absolute atomic E-state index is 0.410. The van der Waals surface area contributed by atoms with Crippen LogP contribution in [0.1, 0.15) is 19.0 Å². The average Bonchev–Trinajstić information content (AvgIpc) is 2.54. The molecule has 2 aliphatic heterocycles. The molecule has 116 valence electrons.